The van der Waals surface area contributed by atoms with E-state index in [0.717, 1.165) is 11.6 Å². The lowest BCUT2D eigenvalue weighted by atomic mass is 9.77. The van der Waals surface area contributed by atoms with E-state index < -0.39 is 0 Å². The van der Waals surface area contributed by atoms with E-state index in [4.69, 9.17) is 5.73 Å². The van der Waals surface area contributed by atoms with E-state index in [1.54, 1.807) is 0 Å². The van der Waals surface area contributed by atoms with E-state index >= 15 is 0 Å². The van der Waals surface area contributed by atoms with Crippen molar-refractivity contribution in [3.63, 3.8) is 0 Å². The van der Waals surface area contributed by atoms with Gasteiger partial charge in [-0.05, 0) is 25.2 Å². The molecule has 0 bridgehead atoms. The summed E-state index contributed by atoms with van der Waals surface area (Å²) in [5.74, 6) is 2.75. The minimum absolute atomic E-state index is 0.253. The molecule has 2 rings (SSSR count). The molecule has 0 saturated heterocycles. The summed E-state index contributed by atoms with van der Waals surface area (Å²) in [5.41, 5.74) is 5.94. The largest absolute Gasteiger partial charge is 0.324 e. The molecule has 1 saturated carbocycles. The summed E-state index contributed by atoms with van der Waals surface area (Å²) in [6.07, 6.45) is 6.35. The molecule has 0 atom stereocenters. The topological polar surface area (TPSA) is 56.7 Å². The summed E-state index contributed by atoms with van der Waals surface area (Å²) < 4.78 is 2.12. The molecule has 4 heteroatoms. The molecule has 0 spiro atoms. The maximum atomic E-state index is 5.68. The van der Waals surface area contributed by atoms with E-state index in [1.165, 1.54) is 32.1 Å². The molecule has 17 heavy (non-hydrogen) atoms. The second-order valence-corrected chi connectivity index (χ2v) is 5.79. The Bertz CT molecular complexity index is 375. The van der Waals surface area contributed by atoms with Gasteiger partial charge in [-0.25, -0.2) is 0 Å². The second kappa shape index (κ2) is 4.77. The van der Waals surface area contributed by atoms with Gasteiger partial charge in [0.1, 0.15) is 11.6 Å². The van der Waals surface area contributed by atoms with Crippen LogP contribution in [0.2, 0.25) is 0 Å². The third-order valence-corrected chi connectivity index (χ3v) is 3.98. The fourth-order valence-electron chi connectivity index (χ4n) is 3.35. The summed E-state index contributed by atoms with van der Waals surface area (Å²) >= 11 is 0. The average molecular weight is 236 g/mol. The van der Waals surface area contributed by atoms with Gasteiger partial charge in [-0.3, -0.25) is 0 Å². The van der Waals surface area contributed by atoms with Gasteiger partial charge in [-0.15, -0.1) is 10.2 Å². The van der Waals surface area contributed by atoms with Gasteiger partial charge in [0.15, 0.2) is 0 Å². The highest BCUT2D eigenvalue weighted by Gasteiger charge is 2.40. The molecule has 0 radical (unpaired) electrons. The Hall–Kier alpha value is -0.900. The van der Waals surface area contributed by atoms with Crippen molar-refractivity contribution >= 4 is 0 Å². The quantitative estimate of drug-likeness (QED) is 0.871. The van der Waals surface area contributed by atoms with Crippen LogP contribution in [-0.2, 0) is 19.0 Å². The second-order valence-electron chi connectivity index (χ2n) is 5.79. The molecular formula is C13H24N4. The van der Waals surface area contributed by atoms with Gasteiger partial charge < -0.3 is 10.3 Å². The number of hydrogen-bond donors (Lipinski definition) is 1. The standard InChI is InChI=1S/C13H24N4/c1-10(2)8-13(6-4-5-7-13)12-16-15-11(9-14)17(12)3/h10H,4-9,14H2,1-3H3. The predicted molar refractivity (Wildman–Crippen MR) is 68.5 cm³/mol. The van der Waals surface area contributed by atoms with Gasteiger partial charge in [0.2, 0.25) is 0 Å². The van der Waals surface area contributed by atoms with E-state index in [-0.39, 0.29) is 5.41 Å². The zero-order chi connectivity index (χ0) is 12.5. The molecule has 1 fully saturated rings. The summed E-state index contributed by atoms with van der Waals surface area (Å²) in [6.45, 7) is 5.06. The first-order chi connectivity index (χ1) is 8.09. The first kappa shape index (κ1) is 12.6. The van der Waals surface area contributed by atoms with Crippen LogP contribution < -0.4 is 5.73 Å². The highest BCUT2D eigenvalue weighted by Crippen LogP contribution is 2.44. The minimum atomic E-state index is 0.253. The van der Waals surface area contributed by atoms with E-state index in [1.807, 2.05) is 0 Å². The van der Waals surface area contributed by atoms with Crippen molar-refractivity contribution in [3.05, 3.63) is 11.6 Å². The van der Waals surface area contributed by atoms with Crippen LogP contribution in [0, 0.1) is 5.92 Å². The van der Waals surface area contributed by atoms with Crippen molar-refractivity contribution < 1.29 is 0 Å². The number of nitrogens with two attached hydrogens (primary N) is 1. The normalized spacial score (nSPS) is 19.1. The van der Waals surface area contributed by atoms with Crippen molar-refractivity contribution in [3.8, 4) is 0 Å². The fraction of sp³-hybridized carbons (Fsp3) is 0.846. The lowest BCUT2D eigenvalue weighted by molar-refractivity contribution is 0.320. The Morgan fingerprint density at radius 1 is 1.29 bits per heavy atom. The zero-order valence-electron chi connectivity index (χ0n) is 11.2. The zero-order valence-corrected chi connectivity index (χ0v) is 11.2. The lowest BCUT2D eigenvalue weighted by Gasteiger charge is -2.29. The number of nitrogens with zero attached hydrogens (tertiary/aromatic N) is 3. The van der Waals surface area contributed by atoms with Gasteiger partial charge in [-0.2, -0.15) is 0 Å². The highest BCUT2D eigenvalue weighted by atomic mass is 15.3. The minimum Gasteiger partial charge on any atom is -0.324 e. The van der Waals surface area contributed by atoms with Crippen molar-refractivity contribution in [2.75, 3.05) is 0 Å². The molecule has 1 aromatic heterocycles. The third-order valence-electron chi connectivity index (χ3n) is 3.98. The lowest BCUT2D eigenvalue weighted by Crippen LogP contribution is -2.28. The summed E-state index contributed by atoms with van der Waals surface area (Å²) in [6, 6.07) is 0. The monoisotopic (exact) mass is 236 g/mol. The Kier molecular flexibility index (Phi) is 3.52. The fourth-order valence-corrected chi connectivity index (χ4v) is 3.35. The van der Waals surface area contributed by atoms with Crippen LogP contribution in [0.3, 0.4) is 0 Å². The molecule has 1 aliphatic rings. The molecule has 0 aliphatic heterocycles. The van der Waals surface area contributed by atoms with Crippen molar-refractivity contribution in [2.45, 2.75) is 57.9 Å². The molecule has 0 amide bonds. The third kappa shape index (κ3) is 2.23. The predicted octanol–water partition coefficient (Wildman–Crippen LogP) is 2.13. The molecule has 2 N–H and O–H groups in total. The SMILES string of the molecule is CC(C)CC1(c2nnc(CN)n2C)CCCC1. The van der Waals surface area contributed by atoms with Crippen LogP contribution in [0.1, 0.15) is 57.6 Å². The molecular weight excluding hydrogens is 212 g/mol. The van der Waals surface area contributed by atoms with Crippen LogP contribution in [0.5, 0.6) is 0 Å². The van der Waals surface area contributed by atoms with Gasteiger partial charge in [0.05, 0.1) is 6.54 Å². The Balaban J connectivity index is 2.35. The van der Waals surface area contributed by atoms with Gasteiger partial charge in [0, 0.05) is 12.5 Å². The number of rotatable bonds is 4. The van der Waals surface area contributed by atoms with Gasteiger partial charge >= 0.3 is 0 Å². The number of hydrogen-bond acceptors (Lipinski definition) is 3. The van der Waals surface area contributed by atoms with Gasteiger partial charge in [0.25, 0.3) is 0 Å². The summed E-state index contributed by atoms with van der Waals surface area (Å²) in [7, 11) is 2.05. The molecule has 96 valence electrons. The smallest absolute Gasteiger partial charge is 0.146 e. The van der Waals surface area contributed by atoms with Gasteiger partial charge in [-0.1, -0.05) is 26.7 Å². The van der Waals surface area contributed by atoms with Crippen LogP contribution in [-0.4, -0.2) is 14.8 Å². The maximum Gasteiger partial charge on any atom is 0.146 e. The molecule has 1 aromatic rings. The van der Waals surface area contributed by atoms with Crippen LogP contribution in [0.15, 0.2) is 0 Å². The molecule has 0 aromatic carbocycles. The van der Waals surface area contributed by atoms with E-state index in [9.17, 15) is 0 Å². The first-order valence-electron chi connectivity index (χ1n) is 6.68. The average Bonchev–Trinajstić information content (AvgIpc) is 2.85. The van der Waals surface area contributed by atoms with Crippen molar-refractivity contribution in [2.24, 2.45) is 18.7 Å². The number of aromatic nitrogens is 3. The molecule has 1 aliphatic carbocycles. The van der Waals surface area contributed by atoms with Crippen LogP contribution >= 0.6 is 0 Å². The van der Waals surface area contributed by atoms with Crippen molar-refractivity contribution in [1.29, 1.82) is 0 Å². The summed E-state index contributed by atoms with van der Waals surface area (Å²) in [5, 5.41) is 8.65. The molecule has 4 nitrogen and oxygen atoms in total. The van der Waals surface area contributed by atoms with Crippen molar-refractivity contribution in [1.82, 2.24) is 14.8 Å². The summed E-state index contributed by atoms with van der Waals surface area (Å²) in [4.78, 5) is 0. The highest BCUT2D eigenvalue weighted by molar-refractivity contribution is 5.13. The Morgan fingerprint density at radius 3 is 2.41 bits per heavy atom. The Morgan fingerprint density at radius 2 is 1.94 bits per heavy atom. The van der Waals surface area contributed by atoms with Crippen LogP contribution in [0.25, 0.3) is 0 Å². The first-order valence-corrected chi connectivity index (χ1v) is 6.68. The van der Waals surface area contributed by atoms with E-state index in [2.05, 4.69) is 35.7 Å². The van der Waals surface area contributed by atoms with E-state index in [0.29, 0.717) is 12.5 Å². The molecule has 1 heterocycles. The van der Waals surface area contributed by atoms with Crippen LogP contribution in [0.4, 0.5) is 0 Å². The molecule has 0 unspecified atom stereocenters. The maximum absolute atomic E-state index is 5.68. The Labute approximate surface area is 104 Å².